The first-order valence-corrected chi connectivity index (χ1v) is 17.8. The number of fused-ring (bicyclic) bond motifs is 3. The van der Waals surface area contributed by atoms with Crippen molar-refractivity contribution in [2.24, 2.45) is 0 Å². The van der Waals surface area contributed by atoms with Gasteiger partial charge in [0.2, 0.25) is 5.89 Å². The largest absolute Gasteiger partial charge is 0.436 e. The van der Waals surface area contributed by atoms with Crippen LogP contribution in [0, 0.1) is 0 Å². The molecular weight excluding hydrogens is 647 g/mol. The quantitative estimate of drug-likeness (QED) is 0.176. The molecule has 0 aliphatic heterocycles. The number of nitrogens with zero attached hydrogens (tertiary/aromatic N) is 3. The molecule has 0 amide bonds. The molecule has 4 nitrogen and oxygen atoms in total. The van der Waals surface area contributed by atoms with E-state index >= 15 is 0 Å². The summed E-state index contributed by atoms with van der Waals surface area (Å²) in [6, 6.07) is 65.4. The van der Waals surface area contributed by atoms with Gasteiger partial charge in [0.15, 0.2) is 11.4 Å². The van der Waals surface area contributed by atoms with Gasteiger partial charge in [-0.25, -0.2) is 15.0 Å². The predicted molar refractivity (Wildman–Crippen MR) is 217 cm³/mol. The van der Waals surface area contributed by atoms with Crippen LogP contribution in [-0.2, 0) is 0 Å². The zero-order chi connectivity index (χ0) is 35.1. The van der Waals surface area contributed by atoms with Gasteiger partial charge in [-0.15, -0.1) is 0 Å². The van der Waals surface area contributed by atoms with Crippen molar-refractivity contribution in [3.05, 3.63) is 188 Å². The molecule has 2 aromatic heterocycles. The van der Waals surface area contributed by atoms with Crippen molar-refractivity contribution in [2.45, 2.75) is 0 Å². The molecule has 0 atom stereocenters. The fourth-order valence-electron chi connectivity index (χ4n) is 7.33. The van der Waals surface area contributed by atoms with Crippen molar-refractivity contribution in [2.75, 3.05) is 0 Å². The topological polar surface area (TPSA) is 51.8 Å². The Labute approximate surface area is 306 Å². The third kappa shape index (κ3) is 5.63. The summed E-state index contributed by atoms with van der Waals surface area (Å²) in [6.07, 6.45) is 0. The molecule has 0 aliphatic rings. The molecule has 4 heteroatoms. The van der Waals surface area contributed by atoms with E-state index in [2.05, 4.69) is 127 Å². The fraction of sp³-hybridized carbons (Fsp3) is 0. The van der Waals surface area contributed by atoms with Crippen LogP contribution < -0.4 is 0 Å². The summed E-state index contributed by atoms with van der Waals surface area (Å²) in [6.45, 7) is 0. The molecule has 0 fully saturated rings. The van der Waals surface area contributed by atoms with Gasteiger partial charge in [0.1, 0.15) is 5.52 Å². The molecule has 0 radical (unpaired) electrons. The number of rotatable bonds is 6. The zero-order valence-electron chi connectivity index (χ0n) is 28.6. The SMILES string of the molecule is c1ccc(-c2nc(-c3cccc(-c4ccc5ccccc5c4-c4cccc(-c5ccc6nc(-c7ccccc7)oc6c5)c4)c3)c3ccccc3n2)cc1. The highest BCUT2D eigenvalue weighted by atomic mass is 16.3. The van der Waals surface area contributed by atoms with E-state index < -0.39 is 0 Å². The number of hydrogen-bond donors (Lipinski definition) is 0. The van der Waals surface area contributed by atoms with Gasteiger partial charge >= 0.3 is 0 Å². The lowest BCUT2D eigenvalue weighted by molar-refractivity contribution is 0.620. The van der Waals surface area contributed by atoms with E-state index in [1.165, 1.54) is 16.3 Å². The van der Waals surface area contributed by atoms with E-state index in [-0.39, 0.29) is 0 Å². The third-order valence-corrected chi connectivity index (χ3v) is 9.91. The standard InChI is InChI=1S/C49H31N3O/c1-3-14-33(15-4-1)48-50-43-24-10-9-23-42(43)47(52-48)39-21-12-19-37(30-39)41-27-25-32-13-7-8-22-40(32)46(41)38-20-11-18-35(29-38)36-26-28-44-45(31-36)53-49(51-44)34-16-5-2-6-17-34/h1-31H. The number of para-hydroxylation sites is 1. The second kappa shape index (κ2) is 12.9. The van der Waals surface area contributed by atoms with E-state index in [0.717, 1.165) is 72.2 Å². The van der Waals surface area contributed by atoms with Gasteiger partial charge in [0.05, 0.1) is 11.2 Å². The lowest BCUT2D eigenvalue weighted by Gasteiger charge is -2.16. The summed E-state index contributed by atoms with van der Waals surface area (Å²) in [5.41, 5.74) is 13.2. The van der Waals surface area contributed by atoms with E-state index in [1.807, 2.05) is 60.7 Å². The van der Waals surface area contributed by atoms with Gasteiger partial charge in [-0.1, -0.05) is 146 Å². The maximum atomic E-state index is 6.25. The van der Waals surface area contributed by atoms with Gasteiger partial charge in [-0.3, -0.25) is 0 Å². The smallest absolute Gasteiger partial charge is 0.227 e. The molecule has 2 heterocycles. The monoisotopic (exact) mass is 677 g/mol. The van der Waals surface area contributed by atoms with E-state index in [4.69, 9.17) is 19.4 Å². The van der Waals surface area contributed by atoms with Crippen molar-refractivity contribution in [3.63, 3.8) is 0 Å². The Morgan fingerprint density at radius 2 is 1.00 bits per heavy atom. The Hall–Kier alpha value is -7.17. The van der Waals surface area contributed by atoms with Gasteiger partial charge < -0.3 is 4.42 Å². The molecule has 0 aliphatic carbocycles. The van der Waals surface area contributed by atoms with Crippen molar-refractivity contribution in [3.8, 4) is 67.5 Å². The molecule has 248 valence electrons. The normalized spacial score (nSPS) is 11.4. The molecule has 8 aromatic carbocycles. The minimum Gasteiger partial charge on any atom is -0.436 e. The lowest BCUT2D eigenvalue weighted by Crippen LogP contribution is -1.95. The first-order chi connectivity index (χ1) is 26.2. The molecule has 0 spiro atoms. The number of aromatic nitrogens is 3. The summed E-state index contributed by atoms with van der Waals surface area (Å²) in [7, 11) is 0. The van der Waals surface area contributed by atoms with E-state index in [1.54, 1.807) is 0 Å². The van der Waals surface area contributed by atoms with Gasteiger partial charge in [-0.05, 0) is 86.6 Å². The molecule has 53 heavy (non-hydrogen) atoms. The maximum absolute atomic E-state index is 6.25. The summed E-state index contributed by atoms with van der Waals surface area (Å²) >= 11 is 0. The van der Waals surface area contributed by atoms with Gasteiger partial charge in [-0.2, -0.15) is 0 Å². The maximum Gasteiger partial charge on any atom is 0.227 e. The lowest BCUT2D eigenvalue weighted by atomic mass is 9.88. The van der Waals surface area contributed by atoms with Crippen LogP contribution in [0.5, 0.6) is 0 Å². The number of oxazole rings is 1. The second-order valence-corrected chi connectivity index (χ2v) is 13.2. The van der Waals surface area contributed by atoms with Crippen LogP contribution >= 0.6 is 0 Å². The van der Waals surface area contributed by atoms with Crippen LogP contribution in [0.4, 0.5) is 0 Å². The average Bonchev–Trinajstić information content (AvgIpc) is 3.67. The molecule has 0 saturated carbocycles. The average molecular weight is 678 g/mol. The number of hydrogen-bond acceptors (Lipinski definition) is 4. The fourth-order valence-corrected chi connectivity index (χ4v) is 7.33. The minimum absolute atomic E-state index is 0.625. The first kappa shape index (κ1) is 30.6. The highest BCUT2D eigenvalue weighted by molar-refractivity contribution is 6.05. The summed E-state index contributed by atoms with van der Waals surface area (Å²) in [4.78, 5) is 14.9. The van der Waals surface area contributed by atoms with E-state index in [9.17, 15) is 0 Å². The first-order valence-electron chi connectivity index (χ1n) is 17.8. The molecule has 10 aromatic rings. The minimum atomic E-state index is 0.625. The molecule has 0 saturated heterocycles. The van der Waals surface area contributed by atoms with Crippen LogP contribution in [0.3, 0.4) is 0 Å². The summed E-state index contributed by atoms with van der Waals surface area (Å²) < 4.78 is 6.25. The highest BCUT2D eigenvalue weighted by Gasteiger charge is 2.17. The Balaban J connectivity index is 1.10. The highest BCUT2D eigenvalue weighted by Crippen LogP contribution is 2.41. The van der Waals surface area contributed by atoms with Crippen molar-refractivity contribution >= 4 is 32.8 Å². The second-order valence-electron chi connectivity index (χ2n) is 13.2. The predicted octanol–water partition coefficient (Wildman–Crippen LogP) is 12.9. The van der Waals surface area contributed by atoms with Crippen LogP contribution in [-0.4, -0.2) is 15.0 Å². The van der Waals surface area contributed by atoms with Crippen molar-refractivity contribution in [1.29, 1.82) is 0 Å². The Kier molecular flexibility index (Phi) is 7.43. The Morgan fingerprint density at radius 3 is 1.85 bits per heavy atom. The molecule has 0 unspecified atom stereocenters. The van der Waals surface area contributed by atoms with Crippen molar-refractivity contribution < 1.29 is 4.42 Å². The molecule has 0 bridgehead atoms. The molecule has 10 rings (SSSR count). The number of benzene rings is 8. The molecular formula is C49H31N3O. The van der Waals surface area contributed by atoms with Crippen LogP contribution in [0.15, 0.2) is 192 Å². The Bertz CT molecular complexity index is 2950. The third-order valence-electron chi connectivity index (χ3n) is 9.91. The van der Waals surface area contributed by atoms with Gasteiger partial charge in [0.25, 0.3) is 0 Å². The van der Waals surface area contributed by atoms with Crippen LogP contribution in [0.2, 0.25) is 0 Å². The summed E-state index contributed by atoms with van der Waals surface area (Å²) in [5, 5.41) is 3.42. The van der Waals surface area contributed by atoms with Crippen molar-refractivity contribution in [1.82, 2.24) is 15.0 Å². The Morgan fingerprint density at radius 1 is 0.358 bits per heavy atom. The van der Waals surface area contributed by atoms with Crippen LogP contribution in [0.25, 0.3) is 100 Å². The van der Waals surface area contributed by atoms with E-state index in [0.29, 0.717) is 11.7 Å². The molecule has 0 N–H and O–H groups in total. The van der Waals surface area contributed by atoms with Gasteiger partial charge in [0, 0.05) is 22.1 Å². The summed E-state index contributed by atoms with van der Waals surface area (Å²) in [5.74, 6) is 1.34. The van der Waals surface area contributed by atoms with Crippen LogP contribution in [0.1, 0.15) is 0 Å². The zero-order valence-corrected chi connectivity index (χ0v) is 28.6.